The van der Waals surface area contributed by atoms with E-state index in [1.165, 1.54) is 0 Å². The molecule has 0 fully saturated rings. The van der Waals surface area contributed by atoms with E-state index in [0.29, 0.717) is 18.5 Å². The SMILES string of the molecule is CC(C)NC(N)=NCCc1csc(-c2ccccc2)n1. The van der Waals surface area contributed by atoms with Gasteiger partial charge in [-0.15, -0.1) is 11.3 Å². The normalized spacial score (nSPS) is 11.8. The maximum Gasteiger partial charge on any atom is 0.188 e. The van der Waals surface area contributed by atoms with E-state index < -0.39 is 0 Å². The van der Waals surface area contributed by atoms with Crippen LogP contribution in [0.15, 0.2) is 40.7 Å². The van der Waals surface area contributed by atoms with Crippen molar-refractivity contribution in [3.05, 3.63) is 41.4 Å². The zero-order valence-corrected chi connectivity index (χ0v) is 12.7. The highest BCUT2D eigenvalue weighted by Crippen LogP contribution is 2.23. The summed E-state index contributed by atoms with van der Waals surface area (Å²) in [4.78, 5) is 8.92. The van der Waals surface area contributed by atoms with Crippen molar-refractivity contribution >= 4 is 17.3 Å². The Bertz CT molecular complexity index is 560. The number of rotatable bonds is 5. The van der Waals surface area contributed by atoms with Crippen LogP contribution in [0.4, 0.5) is 0 Å². The number of benzene rings is 1. The van der Waals surface area contributed by atoms with Crippen molar-refractivity contribution in [1.82, 2.24) is 10.3 Å². The molecule has 4 nitrogen and oxygen atoms in total. The summed E-state index contributed by atoms with van der Waals surface area (Å²) < 4.78 is 0. The average molecular weight is 288 g/mol. The predicted molar refractivity (Wildman–Crippen MR) is 86.0 cm³/mol. The molecule has 0 saturated heterocycles. The molecule has 0 radical (unpaired) electrons. The van der Waals surface area contributed by atoms with Crippen LogP contribution in [0, 0.1) is 0 Å². The summed E-state index contributed by atoms with van der Waals surface area (Å²) in [6.45, 7) is 4.73. The largest absolute Gasteiger partial charge is 0.370 e. The Labute approximate surface area is 123 Å². The summed E-state index contributed by atoms with van der Waals surface area (Å²) >= 11 is 1.67. The van der Waals surface area contributed by atoms with Crippen molar-refractivity contribution in [2.75, 3.05) is 6.54 Å². The van der Waals surface area contributed by atoms with Gasteiger partial charge in [0.2, 0.25) is 0 Å². The standard InChI is InChI=1S/C15H20N4S/c1-11(2)18-15(16)17-9-8-13-10-20-14(19-13)12-6-4-3-5-7-12/h3-7,10-11H,8-9H2,1-2H3,(H3,16,17,18). The van der Waals surface area contributed by atoms with Crippen LogP contribution in [0.25, 0.3) is 10.6 Å². The average Bonchev–Trinajstić information content (AvgIpc) is 2.88. The lowest BCUT2D eigenvalue weighted by Crippen LogP contribution is -2.36. The molecule has 1 aromatic heterocycles. The molecule has 0 saturated carbocycles. The van der Waals surface area contributed by atoms with Gasteiger partial charge >= 0.3 is 0 Å². The molecule has 0 atom stereocenters. The van der Waals surface area contributed by atoms with Gasteiger partial charge in [-0.05, 0) is 13.8 Å². The molecule has 0 spiro atoms. The summed E-state index contributed by atoms with van der Waals surface area (Å²) in [5, 5.41) is 6.21. The molecule has 0 bridgehead atoms. The van der Waals surface area contributed by atoms with Gasteiger partial charge < -0.3 is 11.1 Å². The topological polar surface area (TPSA) is 63.3 Å². The lowest BCUT2D eigenvalue weighted by Gasteiger charge is -2.07. The molecule has 1 aromatic carbocycles. The Kier molecular flexibility index (Phi) is 5.12. The van der Waals surface area contributed by atoms with Gasteiger partial charge in [-0.3, -0.25) is 4.99 Å². The highest BCUT2D eigenvalue weighted by Gasteiger charge is 2.04. The second-order valence-electron chi connectivity index (χ2n) is 4.83. The summed E-state index contributed by atoms with van der Waals surface area (Å²) in [6, 6.07) is 10.5. The van der Waals surface area contributed by atoms with E-state index in [9.17, 15) is 0 Å². The molecule has 106 valence electrons. The maximum absolute atomic E-state index is 5.76. The molecule has 2 aromatic rings. The van der Waals surface area contributed by atoms with Crippen LogP contribution in [0.2, 0.25) is 0 Å². The quantitative estimate of drug-likeness (QED) is 0.657. The smallest absolute Gasteiger partial charge is 0.188 e. The minimum absolute atomic E-state index is 0.308. The van der Waals surface area contributed by atoms with Crippen LogP contribution < -0.4 is 11.1 Å². The predicted octanol–water partition coefficient (Wildman–Crippen LogP) is 2.67. The molecule has 20 heavy (non-hydrogen) atoms. The van der Waals surface area contributed by atoms with E-state index >= 15 is 0 Å². The minimum Gasteiger partial charge on any atom is -0.370 e. The monoisotopic (exact) mass is 288 g/mol. The Morgan fingerprint density at radius 1 is 1.35 bits per heavy atom. The van der Waals surface area contributed by atoms with Gasteiger partial charge in [0.15, 0.2) is 5.96 Å². The van der Waals surface area contributed by atoms with Gasteiger partial charge in [-0.2, -0.15) is 0 Å². The molecule has 5 heteroatoms. The van der Waals surface area contributed by atoms with Crippen LogP contribution in [-0.4, -0.2) is 23.5 Å². The van der Waals surface area contributed by atoms with Crippen LogP contribution in [0.1, 0.15) is 19.5 Å². The highest BCUT2D eigenvalue weighted by atomic mass is 32.1. The summed E-state index contributed by atoms with van der Waals surface area (Å²) in [5.74, 6) is 0.499. The molecule has 0 aliphatic rings. The number of nitrogens with two attached hydrogens (primary N) is 1. The molecule has 0 aliphatic carbocycles. The van der Waals surface area contributed by atoms with E-state index in [1.807, 2.05) is 32.0 Å². The Morgan fingerprint density at radius 3 is 2.80 bits per heavy atom. The lowest BCUT2D eigenvalue weighted by atomic mass is 10.2. The first kappa shape index (κ1) is 14.5. The number of thiazole rings is 1. The number of guanidine groups is 1. The fourth-order valence-electron chi connectivity index (χ4n) is 1.77. The number of aromatic nitrogens is 1. The van der Waals surface area contributed by atoms with E-state index in [4.69, 9.17) is 5.73 Å². The van der Waals surface area contributed by atoms with Gasteiger partial charge in [0.05, 0.1) is 5.69 Å². The summed E-state index contributed by atoms with van der Waals surface area (Å²) in [5.41, 5.74) is 7.98. The first-order valence-electron chi connectivity index (χ1n) is 6.71. The van der Waals surface area contributed by atoms with E-state index in [1.54, 1.807) is 11.3 Å². The van der Waals surface area contributed by atoms with Crippen molar-refractivity contribution in [1.29, 1.82) is 0 Å². The molecule has 1 heterocycles. The fourth-order valence-corrected chi connectivity index (χ4v) is 2.63. The Balaban J connectivity index is 1.91. The van der Waals surface area contributed by atoms with Crippen LogP contribution in [0.5, 0.6) is 0 Å². The lowest BCUT2D eigenvalue weighted by molar-refractivity contribution is 0.723. The van der Waals surface area contributed by atoms with Crippen molar-refractivity contribution in [2.24, 2.45) is 10.7 Å². The molecular weight excluding hydrogens is 268 g/mol. The number of aliphatic imine (C=N–C) groups is 1. The first-order valence-corrected chi connectivity index (χ1v) is 7.59. The summed E-state index contributed by atoms with van der Waals surface area (Å²) in [7, 11) is 0. The maximum atomic E-state index is 5.76. The molecule has 2 rings (SSSR count). The van der Waals surface area contributed by atoms with Crippen LogP contribution in [0.3, 0.4) is 0 Å². The van der Waals surface area contributed by atoms with Gasteiger partial charge in [0.25, 0.3) is 0 Å². The van der Waals surface area contributed by atoms with Crippen molar-refractivity contribution in [3.8, 4) is 10.6 Å². The number of nitrogens with zero attached hydrogens (tertiary/aromatic N) is 2. The zero-order chi connectivity index (χ0) is 14.4. The van der Waals surface area contributed by atoms with E-state index in [2.05, 4.69) is 32.8 Å². The molecule has 3 N–H and O–H groups in total. The summed E-state index contributed by atoms with van der Waals surface area (Å²) in [6.07, 6.45) is 0.809. The van der Waals surface area contributed by atoms with Gasteiger partial charge in [-0.1, -0.05) is 30.3 Å². The number of hydrogen-bond acceptors (Lipinski definition) is 3. The third-order valence-electron chi connectivity index (χ3n) is 2.66. The van der Waals surface area contributed by atoms with Crippen molar-refractivity contribution in [3.63, 3.8) is 0 Å². The van der Waals surface area contributed by atoms with Crippen molar-refractivity contribution < 1.29 is 0 Å². The van der Waals surface area contributed by atoms with Crippen LogP contribution in [-0.2, 0) is 6.42 Å². The van der Waals surface area contributed by atoms with Gasteiger partial charge in [-0.25, -0.2) is 4.98 Å². The third-order valence-corrected chi connectivity index (χ3v) is 3.60. The number of hydrogen-bond donors (Lipinski definition) is 2. The number of nitrogens with one attached hydrogen (secondary N) is 1. The Morgan fingerprint density at radius 2 is 2.10 bits per heavy atom. The third kappa shape index (κ3) is 4.35. The minimum atomic E-state index is 0.308. The molecular formula is C15H20N4S. The molecule has 0 unspecified atom stereocenters. The first-order chi connectivity index (χ1) is 9.65. The zero-order valence-electron chi connectivity index (χ0n) is 11.8. The second kappa shape index (κ2) is 7.05. The van der Waals surface area contributed by atoms with Gasteiger partial charge in [0.1, 0.15) is 5.01 Å². The fraction of sp³-hybridized carbons (Fsp3) is 0.333. The van der Waals surface area contributed by atoms with E-state index in [0.717, 1.165) is 22.7 Å². The van der Waals surface area contributed by atoms with E-state index in [-0.39, 0.29) is 0 Å². The highest BCUT2D eigenvalue weighted by molar-refractivity contribution is 7.13. The Hall–Kier alpha value is -1.88. The molecule has 0 aliphatic heterocycles. The second-order valence-corrected chi connectivity index (χ2v) is 5.68. The van der Waals surface area contributed by atoms with Gasteiger partial charge in [0, 0.05) is 30.0 Å². The molecule has 0 amide bonds. The van der Waals surface area contributed by atoms with Crippen LogP contribution >= 0.6 is 11.3 Å². The van der Waals surface area contributed by atoms with Crippen molar-refractivity contribution in [2.45, 2.75) is 26.3 Å².